The summed E-state index contributed by atoms with van der Waals surface area (Å²) >= 11 is 0. The first-order valence-corrected chi connectivity index (χ1v) is 6.02. The molecule has 84 valence electrons. The first kappa shape index (κ1) is 12.0. The van der Waals surface area contributed by atoms with Crippen LogP contribution < -0.4 is 0 Å². The van der Waals surface area contributed by atoms with Crippen molar-refractivity contribution in [2.75, 3.05) is 13.2 Å². The number of ether oxygens (including phenoxy) is 2. The van der Waals surface area contributed by atoms with Crippen LogP contribution in [0.15, 0.2) is 0 Å². The quantitative estimate of drug-likeness (QED) is 0.598. The molecule has 2 fully saturated rings. The maximum absolute atomic E-state index is 5.28. The topological polar surface area (TPSA) is 18.5 Å². The third-order valence-electron chi connectivity index (χ3n) is 2.81. The Morgan fingerprint density at radius 1 is 0.714 bits per heavy atom. The highest BCUT2D eigenvalue weighted by Gasteiger charge is 2.06. The zero-order valence-corrected chi connectivity index (χ0v) is 9.63. The van der Waals surface area contributed by atoms with Crippen LogP contribution in [0.25, 0.3) is 0 Å². The van der Waals surface area contributed by atoms with Gasteiger partial charge >= 0.3 is 0 Å². The molecule has 0 amide bonds. The van der Waals surface area contributed by atoms with E-state index in [2.05, 4.69) is 13.8 Å². The molecule has 2 unspecified atom stereocenters. The summed E-state index contributed by atoms with van der Waals surface area (Å²) in [6, 6.07) is 0. The van der Waals surface area contributed by atoms with Crippen LogP contribution in [0.2, 0.25) is 0 Å². The summed E-state index contributed by atoms with van der Waals surface area (Å²) in [6.07, 6.45) is 8.86. The minimum atomic E-state index is 0.536. The van der Waals surface area contributed by atoms with Crippen LogP contribution in [-0.4, -0.2) is 25.4 Å². The Labute approximate surface area is 88.0 Å². The number of hydrogen-bond acceptors (Lipinski definition) is 2. The molecule has 0 spiro atoms. The molecular formula is C12H24O2. The molecule has 0 radical (unpaired) electrons. The third-order valence-corrected chi connectivity index (χ3v) is 2.81. The van der Waals surface area contributed by atoms with E-state index in [-0.39, 0.29) is 0 Å². The van der Waals surface area contributed by atoms with E-state index in [1.165, 1.54) is 38.5 Å². The number of rotatable bonds is 0. The summed E-state index contributed by atoms with van der Waals surface area (Å²) in [5.41, 5.74) is 0. The second-order valence-corrected chi connectivity index (χ2v) is 4.35. The molecule has 2 rings (SSSR count). The van der Waals surface area contributed by atoms with E-state index in [0.29, 0.717) is 12.2 Å². The molecule has 2 saturated heterocycles. The van der Waals surface area contributed by atoms with E-state index in [1.54, 1.807) is 0 Å². The molecule has 2 heteroatoms. The van der Waals surface area contributed by atoms with Gasteiger partial charge in [0.1, 0.15) is 0 Å². The molecule has 2 nitrogen and oxygen atoms in total. The Morgan fingerprint density at radius 3 is 1.29 bits per heavy atom. The Kier molecular flexibility index (Phi) is 6.20. The third kappa shape index (κ3) is 5.61. The van der Waals surface area contributed by atoms with E-state index in [0.717, 1.165) is 13.2 Å². The molecule has 14 heavy (non-hydrogen) atoms. The van der Waals surface area contributed by atoms with Gasteiger partial charge in [-0.3, -0.25) is 0 Å². The standard InChI is InChI=1S/2C6H12O/c2*1-6-4-2-3-5-7-6/h2*6H,2-5H2,1H3. The van der Waals surface area contributed by atoms with Crippen molar-refractivity contribution in [3.63, 3.8) is 0 Å². The Bertz CT molecular complexity index is 108. The maximum atomic E-state index is 5.28. The van der Waals surface area contributed by atoms with Crippen LogP contribution in [-0.2, 0) is 9.47 Å². The van der Waals surface area contributed by atoms with E-state index < -0.39 is 0 Å². The van der Waals surface area contributed by atoms with Crippen molar-refractivity contribution < 1.29 is 9.47 Å². The van der Waals surface area contributed by atoms with Crippen LogP contribution >= 0.6 is 0 Å². The van der Waals surface area contributed by atoms with Crippen LogP contribution in [0, 0.1) is 0 Å². The molecule has 0 saturated carbocycles. The van der Waals surface area contributed by atoms with Crippen molar-refractivity contribution in [1.29, 1.82) is 0 Å². The van der Waals surface area contributed by atoms with Gasteiger partial charge in [-0.05, 0) is 52.4 Å². The largest absolute Gasteiger partial charge is 0.379 e. The molecule has 0 aliphatic carbocycles. The zero-order valence-electron chi connectivity index (χ0n) is 9.63. The highest BCUT2D eigenvalue weighted by Crippen LogP contribution is 2.11. The Balaban J connectivity index is 0.000000140. The molecule has 0 bridgehead atoms. The molecule has 2 aliphatic heterocycles. The van der Waals surface area contributed by atoms with E-state index in [4.69, 9.17) is 9.47 Å². The monoisotopic (exact) mass is 200 g/mol. The van der Waals surface area contributed by atoms with Crippen molar-refractivity contribution in [2.45, 2.75) is 64.6 Å². The van der Waals surface area contributed by atoms with Gasteiger partial charge in [-0.25, -0.2) is 0 Å². The summed E-state index contributed by atoms with van der Waals surface area (Å²) in [4.78, 5) is 0. The fourth-order valence-electron chi connectivity index (χ4n) is 1.80. The molecule has 2 atom stereocenters. The van der Waals surface area contributed by atoms with Gasteiger partial charge in [0, 0.05) is 13.2 Å². The van der Waals surface area contributed by atoms with E-state index >= 15 is 0 Å². The van der Waals surface area contributed by atoms with Gasteiger partial charge in [-0.15, -0.1) is 0 Å². The van der Waals surface area contributed by atoms with Gasteiger partial charge in [0.15, 0.2) is 0 Å². The summed E-state index contributed by atoms with van der Waals surface area (Å²) in [7, 11) is 0. The van der Waals surface area contributed by atoms with Crippen molar-refractivity contribution in [3.05, 3.63) is 0 Å². The van der Waals surface area contributed by atoms with Gasteiger partial charge in [-0.1, -0.05) is 0 Å². The molecule has 0 N–H and O–H groups in total. The second-order valence-electron chi connectivity index (χ2n) is 4.35. The molecular weight excluding hydrogens is 176 g/mol. The minimum absolute atomic E-state index is 0.536. The summed E-state index contributed by atoms with van der Waals surface area (Å²) in [6.45, 7) is 6.25. The Hall–Kier alpha value is -0.0800. The lowest BCUT2D eigenvalue weighted by molar-refractivity contribution is 0.0283. The van der Waals surface area contributed by atoms with Gasteiger partial charge in [0.2, 0.25) is 0 Å². The smallest absolute Gasteiger partial charge is 0.0547 e. The van der Waals surface area contributed by atoms with E-state index in [9.17, 15) is 0 Å². The summed E-state index contributed by atoms with van der Waals surface area (Å²) in [5.74, 6) is 0. The van der Waals surface area contributed by atoms with Crippen LogP contribution in [0.3, 0.4) is 0 Å². The SMILES string of the molecule is CC1CCCCO1.CC1CCCCO1. The zero-order chi connectivity index (χ0) is 10.2. The molecule has 2 aliphatic rings. The van der Waals surface area contributed by atoms with Crippen LogP contribution in [0.1, 0.15) is 52.4 Å². The van der Waals surface area contributed by atoms with E-state index in [1.807, 2.05) is 0 Å². The molecule has 0 aromatic rings. The lowest BCUT2D eigenvalue weighted by Crippen LogP contribution is -2.14. The van der Waals surface area contributed by atoms with Crippen LogP contribution in [0.4, 0.5) is 0 Å². The second kappa shape index (κ2) is 7.24. The normalized spacial score (nSPS) is 33.0. The van der Waals surface area contributed by atoms with Gasteiger partial charge in [0.25, 0.3) is 0 Å². The van der Waals surface area contributed by atoms with Gasteiger partial charge < -0.3 is 9.47 Å². The lowest BCUT2D eigenvalue weighted by Gasteiger charge is -2.17. The average molecular weight is 200 g/mol. The predicted octanol–water partition coefficient (Wildman–Crippen LogP) is 3.15. The summed E-state index contributed by atoms with van der Waals surface area (Å²) < 4.78 is 10.6. The average Bonchev–Trinajstić information content (AvgIpc) is 2.21. The lowest BCUT2D eigenvalue weighted by atomic mass is 10.1. The first-order valence-electron chi connectivity index (χ1n) is 6.02. The highest BCUT2D eigenvalue weighted by atomic mass is 16.5. The fourth-order valence-corrected chi connectivity index (χ4v) is 1.80. The number of hydrogen-bond donors (Lipinski definition) is 0. The van der Waals surface area contributed by atoms with Crippen molar-refractivity contribution in [3.8, 4) is 0 Å². The van der Waals surface area contributed by atoms with Gasteiger partial charge in [0.05, 0.1) is 12.2 Å². The minimum Gasteiger partial charge on any atom is -0.379 e. The van der Waals surface area contributed by atoms with Gasteiger partial charge in [-0.2, -0.15) is 0 Å². The predicted molar refractivity (Wildman–Crippen MR) is 58.5 cm³/mol. The maximum Gasteiger partial charge on any atom is 0.0547 e. The molecule has 0 aromatic heterocycles. The van der Waals surface area contributed by atoms with Crippen molar-refractivity contribution >= 4 is 0 Å². The van der Waals surface area contributed by atoms with Crippen LogP contribution in [0.5, 0.6) is 0 Å². The molecule has 2 heterocycles. The first-order chi connectivity index (χ1) is 6.79. The summed E-state index contributed by atoms with van der Waals surface area (Å²) in [5, 5.41) is 0. The van der Waals surface area contributed by atoms with Crippen molar-refractivity contribution in [2.24, 2.45) is 0 Å². The highest BCUT2D eigenvalue weighted by molar-refractivity contribution is 4.56. The van der Waals surface area contributed by atoms with Crippen molar-refractivity contribution in [1.82, 2.24) is 0 Å². The Morgan fingerprint density at radius 2 is 1.14 bits per heavy atom. The molecule has 0 aromatic carbocycles. The fraction of sp³-hybridized carbons (Fsp3) is 1.00.